The van der Waals surface area contributed by atoms with Crippen molar-refractivity contribution in [1.29, 1.82) is 0 Å². The molecule has 0 aliphatic carbocycles. The Balaban J connectivity index is 1.77. The number of benzene rings is 2. The maximum absolute atomic E-state index is 12.1. The molecule has 0 bridgehead atoms. The third-order valence-corrected chi connectivity index (χ3v) is 6.02. The number of aromatic nitrogens is 4. The molecule has 0 amide bonds. The number of aryl methyl sites for hydroxylation is 1. The molecule has 0 unspecified atom stereocenters. The fourth-order valence-corrected chi connectivity index (χ4v) is 4.48. The minimum absolute atomic E-state index is 0.150. The molecule has 150 valence electrons. The summed E-state index contributed by atoms with van der Waals surface area (Å²) in [5.74, 6) is 0.0303. The van der Waals surface area contributed by atoms with Crippen LogP contribution in [-0.4, -0.2) is 24.4 Å². The molecule has 6 nitrogen and oxygen atoms in total. The zero-order valence-corrected chi connectivity index (χ0v) is 17.0. The average Bonchev–Trinajstić information content (AvgIpc) is 3.21. The van der Waals surface area contributed by atoms with Crippen LogP contribution < -0.4 is 5.43 Å². The van der Waals surface area contributed by atoms with Crippen molar-refractivity contribution >= 4 is 11.6 Å². The van der Waals surface area contributed by atoms with Gasteiger partial charge in [-0.15, -0.1) is 0 Å². The molecule has 2 aromatic carbocycles. The van der Waals surface area contributed by atoms with Crippen LogP contribution in [0.2, 0.25) is 5.02 Å². The molecule has 0 radical (unpaired) electrons. The van der Waals surface area contributed by atoms with Gasteiger partial charge in [-0.05, 0) is 24.1 Å². The van der Waals surface area contributed by atoms with Crippen molar-refractivity contribution in [2.75, 3.05) is 0 Å². The van der Waals surface area contributed by atoms with Gasteiger partial charge in [0.15, 0.2) is 11.6 Å². The molecule has 0 fully saturated rings. The third-order valence-electron chi connectivity index (χ3n) is 5.67. The summed E-state index contributed by atoms with van der Waals surface area (Å²) in [6, 6.07) is 15.9. The quantitative estimate of drug-likeness (QED) is 0.542. The molecule has 0 saturated carbocycles. The molecular formula is C23H19ClN4O2. The third kappa shape index (κ3) is 2.92. The molecule has 1 aliphatic rings. The van der Waals surface area contributed by atoms with Crippen molar-refractivity contribution < 1.29 is 5.11 Å². The van der Waals surface area contributed by atoms with E-state index in [1.165, 1.54) is 0 Å². The lowest BCUT2D eigenvalue weighted by molar-refractivity contribution is 0.331. The van der Waals surface area contributed by atoms with E-state index >= 15 is 0 Å². The number of aromatic hydroxyl groups is 1. The first-order chi connectivity index (χ1) is 14.5. The van der Waals surface area contributed by atoms with E-state index in [2.05, 4.69) is 34.3 Å². The van der Waals surface area contributed by atoms with Gasteiger partial charge in [-0.3, -0.25) is 9.48 Å². The van der Waals surface area contributed by atoms with Crippen LogP contribution in [-0.2, 0) is 6.54 Å². The minimum atomic E-state index is -0.527. The Morgan fingerprint density at radius 2 is 1.93 bits per heavy atom. The molecule has 4 aromatic rings. The second kappa shape index (κ2) is 7.15. The smallest absolute Gasteiger partial charge is 0.242 e. The van der Waals surface area contributed by atoms with Crippen LogP contribution in [0, 0.1) is 6.92 Å². The van der Waals surface area contributed by atoms with Crippen molar-refractivity contribution in [3.63, 3.8) is 0 Å². The normalized spacial score (nSPS) is 16.0. The van der Waals surface area contributed by atoms with Gasteiger partial charge in [0.2, 0.25) is 5.43 Å². The van der Waals surface area contributed by atoms with Gasteiger partial charge in [-0.1, -0.05) is 59.6 Å². The Morgan fingerprint density at radius 3 is 2.70 bits per heavy atom. The molecule has 3 heterocycles. The highest BCUT2D eigenvalue weighted by Crippen LogP contribution is 2.44. The summed E-state index contributed by atoms with van der Waals surface area (Å²) < 4.78 is 3.66. The molecule has 5 rings (SSSR count). The van der Waals surface area contributed by atoms with E-state index in [1.807, 2.05) is 42.0 Å². The summed E-state index contributed by atoms with van der Waals surface area (Å²) in [5, 5.41) is 15.7. The van der Waals surface area contributed by atoms with Crippen LogP contribution >= 0.6 is 11.6 Å². The second-order valence-corrected chi connectivity index (χ2v) is 7.94. The summed E-state index contributed by atoms with van der Waals surface area (Å²) in [7, 11) is 0. The standard InChI is InChI=1S/C23H19ClN4O2/c1-14-6-8-15(9-7-14)20(16-4-2-3-5-17(16)24)18-13-27-11-10-25-23(27)21-22(30)19(29)12-26-28(18)21/h2-12,18,20,30H,13H2,1H3/t18-,20+/m1/s1. The number of hydrogen-bond donors (Lipinski definition) is 1. The Kier molecular flexibility index (Phi) is 4.44. The first kappa shape index (κ1) is 18.6. The van der Waals surface area contributed by atoms with Crippen molar-refractivity contribution in [3.8, 4) is 17.3 Å². The molecule has 7 heteroatoms. The molecule has 0 spiro atoms. The molecular weight excluding hydrogens is 400 g/mol. The fraction of sp³-hybridized carbons (Fsp3) is 0.174. The Labute approximate surface area is 178 Å². The van der Waals surface area contributed by atoms with Crippen LogP contribution in [0.1, 0.15) is 28.7 Å². The van der Waals surface area contributed by atoms with Crippen molar-refractivity contribution in [3.05, 3.63) is 99.1 Å². The molecule has 1 aliphatic heterocycles. The summed E-state index contributed by atoms with van der Waals surface area (Å²) in [4.78, 5) is 16.5. The molecule has 0 saturated heterocycles. The summed E-state index contributed by atoms with van der Waals surface area (Å²) in [5.41, 5.74) is 3.00. The van der Waals surface area contributed by atoms with Gasteiger partial charge in [0, 0.05) is 29.9 Å². The van der Waals surface area contributed by atoms with E-state index in [1.54, 1.807) is 10.9 Å². The first-order valence-corrected chi connectivity index (χ1v) is 10.1. The van der Waals surface area contributed by atoms with Crippen LogP contribution in [0.5, 0.6) is 5.75 Å². The van der Waals surface area contributed by atoms with E-state index in [4.69, 9.17) is 11.6 Å². The van der Waals surface area contributed by atoms with Gasteiger partial charge in [-0.2, -0.15) is 5.10 Å². The van der Waals surface area contributed by atoms with E-state index < -0.39 is 5.43 Å². The van der Waals surface area contributed by atoms with Crippen molar-refractivity contribution in [2.45, 2.75) is 25.4 Å². The minimum Gasteiger partial charge on any atom is -0.503 e. The summed E-state index contributed by atoms with van der Waals surface area (Å²) >= 11 is 6.63. The Morgan fingerprint density at radius 1 is 1.17 bits per heavy atom. The average molecular weight is 419 g/mol. The van der Waals surface area contributed by atoms with Crippen LogP contribution in [0.15, 0.2) is 71.9 Å². The number of hydrogen-bond acceptors (Lipinski definition) is 4. The van der Waals surface area contributed by atoms with Gasteiger partial charge in [-0.25, -0.2) is 4.98 Å². The van der Waals surface area contributed by atoms with E-state index in [0.717, 1.165) is 22.9 Å². The number of rotatable bonds is 3. The van der Waals surface area contributed by atoms with Gasteiger partial charge in [0.25, 0.3) is 0 Å². The van der Waals surface area contributed by atoms with E-state index in [9.17, 15) is 9.90 Å². The number of fused-ring (bicyclic) bond motifs is 3. The topological polar surface area (TPSA) is 72.9 Å². The Bertz CT molecular complexity index is 1290. The van der Waals surface area contributed by atoms with Crippen molar-refractivity contribution in [1.82, 2.24) is 19.3 Å². The molecule has 2 atom stereocenters. The monoisotopic (exact) mass is 418 g/mol. The van der Waals surface area contributed by atoms with Gasteiger partial charge in [0.05, 0.1) is 12.2 Å². The summed E-state index contributed by atoms with van der Waals surface area (Å²) in [6.07, 6.45) is 4.67. The molecule has 1 N–H and O–H groups in total. The number of nitrogens with zero attached hydrogens (tertiary/aromatic N) is 4. The van der Waals surface area contributed by atoms with Crippen LogP contribution in [0.3, 0.4) is 0 Å². The van der Waals surface area contributed by atoms with Gasteiger partial charge < -0.3 is 9.67 Å². The molecule has 30 heavy (non-hydrogen) atoms. The maximum Gasteiger partial charge on any atom is 0.242 e. The highest BCUT2D eigenvalue weighted by molar-refractivity contribution is 6.31. The number of imidazole rings is 1. The predicted molar refractivity (Wildman–Crippen MR) is 115 cm³/mol. The lowest BCUT2D eigenvalue weighted by atomic mass is 9.83. The predicted octanol–water partition coefficient (Wildman–Crippen LogP) is 4.16. The molecule has 2 aromatic heterocycles. The highest BCUT2D eigenvalue weighted by atomic mass is 35.5. The second-order valence-electron chi connectivity index (χ2n) is 7.53. The summed E-state index contributed by atoms with van der Waals surface area (Å²) in [6.45, 7) is 2.62. The van der Waals surface area contributed by atoms with Crippen LogP contribution in [0.4, 0.5) is 0 Å². The zero-order chi connectivity index (χ0) is 20.8. The largest absolute Gasteiger partial charge is 0.503 e. The van der Waals surface area contributed by atoms with E-state index in [-0.39, 0.29) is 17.7 Å². The van der Waals surface area contributed by atoms with E-state index in [0.29, 0.717) is 23.1 Å². The number of halogens is 1. The van der Waals surface area contributed by atoms with Gasteiger partial charge >= 0.3 is 0 Å². The zero-order valence-electron chi connectivity index (χ0n) is 16.2. The van der Waals surface area contributed by atoms with Crippen molar-refractivity contribution in [2.24, 2.45) is 0 Å². The highest BCUT2D eigenvalue weighted by Gasteiger charge is 2.36. The van der Waals surface area contributed by atoms with Crippen LogP contribution in [0.25, 0.3) is 11.5 Å². The first-order valence-electron chi connectivity index (χ1n) is 9.68. The fourth-order valence-electron chi connectivity index (χ4n) is 4.23. The van der Waals surface area contributed by atoms with Gasteiger partial charge in [0.1, 0.15) is 5.69 Å². The SMILES string of the molecule is Cc1ccc([C@@H](c2ccccc2Cl)[C@H]2Cn3ccnc3-c3c(O)c(=O)cnn32)cc1. The lowest BCUT2D eigenvalue weighted by Crippen LogP contribution is -2.32. The maximum atomic E-state index is 12.1. The lowest BCUT2D eigenvalue weighted by Gasteiger charge is -2.35. The Hall–Kier alpha value is -3.38.